The Morgan fingerprint density at radius 2 is 1.94 bits per heavy atom. The molecule has 1 saturated heterocycles. The van der Waals surface area contributed by atoms with Gasteiger partial charge in [0.2, 0.25) is 0 Å². The standard InChI is InChI=1S/C15H32N2/c1-7-12(4)13(5)17-11-15(6,9-3)16-10-14(17)8-2/h12-14,16H,7-11H2,1-6H3. The van der Waals surface area contributed by atoms with Crippen molar-refractivity contribution in [2.75, 3.05) is 13.1 Å². The molecule has 0 aliphatic carbocycles. The number of hydrogen-bond acceptors (Lipinski definition) is 2. The molecule has 0 spiro atoms. The third-order valence-electron chi connectivity index (χ3n) is 5.01. The molecule has 102 valence electrons. The van der Waals surface area contributed by atoms with Crippen molar-refractivity contribution in [1.29, 1.82) is 0 Å². The van der Waals surface area contributed by atoms with E-state index in [0.29, 0.717) is 11.6 Å². The molecule has 0 radical (unpaired) electrons. The summed E-state index contributed by atoms with van der Waals surface area (Å²) in [6.07, 6.45) is 3.76. The van der Waals surface area contributed by atoms with Crippen LogP contribution in [0.15, 0.2) is 0 Å². The molecule has 1 N–H and O–H groups in total. The Bertz CT molecular complexity index is 229. The SMILES string of the molecule is CCC(C)C(C)N1CC(C)(CC)NCC1CC. The fraction of sp³-hybridized carbons (Fsp3) is 1.00. The summed E-state index contributed by atoms with van der Waals surface area (Å²) in [5, 5.41) is 3.75. The van der Waals surface area contributed by atoms with Crippen LogP contribution in [-0.2, 0) is 0 Å². The molecule has 0 bridgehead atoms. The maximum atomic E-state index is 3.75. The molecule has 1 aliphatic heterocycles. The molecule has 1 aliphatic rings. The molecule has 0 aromatic carbocycles. The van der Waals surface area contributed by atoms with Crippen molar-refractivity contribution in [3.8, 4) is 0 Å². The van der Waals surface area contributed by atoms with Gasteiger partial charge in [-0.2, -0.15) is 0 Å². The van der Waals surface area contributed by atoms with Crippen LogP contribution in [0.25, 0.3) is 0 Å². The Hall–Kier alpha value is -0.0800. The second-order valence-electron chi connectivity index (χ2n) is 6.16. The van der Waals surface area contributed by atoms with Crippen molar-refractivity contribution in [3.05, 3.63) is 0 Å². The van der Waals surface area contributed by atoms with Gasteiger partial charge in [0.25, 0.3) is 0 Å². The molecule has 0 saturated carbocycles. The molecule has 2 heteroatoms. The van der Waals surface area contributed by atoms with Crippen LogP contribution < -0.4 is 5.32 Å². The van der Waals surface area contributed by atoms with Gasteiger partial charge in [-0.3, -0.25) is 4.90 Å². The first kappa shape index (κ1) is 15.0. The van der Waals surface area contributed by atoms with Crippen LogP contribution in [0.4, 0.5) is 0 Å². The van der Waals surface area contributed by atoms with Gasteiger partial charge in [-0.1, -0.05) is 34.1 Å². The van der Waals surface area contributed by atoms with Crippen LogP contribution in [0, 0.1) is 5.92 Å². The van der Waals surface area contributed by atoms with Crippen molar-refractivity contribution >= 4 is 0 Å². The molecular formula is C15H32N2. The van der Waals surface area contributed by atoms with Gasteiger partial charge in [-0.05, 0) is 32.6 Å². The van der Waals surface area contributed by atoms with Crippen molar-refractivity contribution in [3.63, 3.8) is 0 Å². The molecule has 2 nitrogen and oxygen atoms in total. The van der Waals surface area contributed by atoms with E-state index in [1.54, 1.807) is 0 Å². The molecule has 1 heterocycles. The summed E-state index contributed by atoms with van der Waals surface area (Å²) in [4.78, 5) is 2.76. The number of piperazine rings is 1. The van der Waals surface area contributed by atoms with Crippen molar-refractivity contribution in [2.24, 2.45) is 5.92 Å². The minimum absolute atomic E-state index is 0.313. The molecule has 4 atom stereocenters. The van der Waals surface area contributed by atoms with Crippen molar-refractivity contribution < 1.29 is 0 Å². The first-order valence-corrected chi connectivity index (χ1v) is 7.48. The molecule has 1 fully saturated rings. The second-order valence-corrected chi connectivity index (χ2v) is 6.16. The minimum Gasteiger partial charge on any atom is -0.309 e. The third kappa shape index (κ3) is 3.45. The molecule has 0 amide bonds. The maximum Gasteiger partial charge on any atom is 0.0278 e. The number of rotatable bonds is 5. The second kappa shape index (κ2) is 6.19. The van der Waals surface area contributed by atoms with Gasteiger partial charge in [0.05, 0.1) is 0 Å². The summed E-state index contributed by atoms with van der Waals surface area (Å²) in [5.74, 6) is 0.795. The summed E-state index contributed by atoms with van der Waals surface area (Å²) in [6, 6.07) is 1.43. The lowest BCUT2D eigenvalue weighted by atomic mass is 9.89. The Kier molecular flexibility index (Phi) is 5.46. The van der Waals surface area contributed by atoms with E-state index in [9.17, 15) is 0 Å². The van der Waals surface area contributed by atoms with Gasteiger partial charge in [-0.25, -0.2) is 0 Å². The Morgan fingerprint density at radius 1 is 1.29 bits per heavy atom. The van der Waals surface area contributed by atoms with E-state index >= 15 is 0 Å². The average Bonchev–Trinajstić information content (AvgIpc) is 2.36. The largest absolute Gasteiger partial charge is 0.309 e. The fourth-order valence-electron chi connectivity index (χ4n) is 2.83. The smallest absolute Gasteiger partial charge is 0.0278 e. The highest BCUT2D eigenvalue weighted by Crippen LogP contribution is 2.26. The zero-order valence-electron chi connectivity index (χ0n) is 12.7. The van der Waals surface area contributed by atoms with E-state index in [1.165, 1.54) is 25.8 Å². The highest BCUT2D eigenvalue weighted by molar-refractivity contribution is 4.96. The van der Waals surface area contributed by atoms with Gasteiger partial charge < -0.3 is 5.32 Å². The maximum absolute atomic E-state index is 3.75. The monoisotopic (exact) mass is 240 g/mol. The first-order valence-electron chi connectivity index (χ1n) is 7.48. The number of hydrogen-bond donors (Lipinski definition) is 1. The van der Waals surface area contributed by atoms with E-state index in [1.807, 2.05) is 0 Å². The predicted molar refractivity (Wildman–Crippen MR) is 76.4 cm³/mol. The highest BCUT2D eigenvalue weighted by atomic mass is 15.3. The van der Waals surface area contributed by atoms with Crippen molar-refractivity contribution in [2.45, 2.75) is 78.4 Å². The van der Waals surface area contributed by atoms with Crippen LogP contribution in [0.3, 0.4) is 0 Å². The molecule has 17 heavy (non-hydrogen) atoms. The first-order chi connectivity index (χ1) is 7.97. The molecule has 0 aromatic heterocycles. The summed E-state index contributed by atoms with van der Waals surface area (Å²) in [5.41, 5.74) is 0.313. The number of nitrogens with zero attached hydrogens (tertiary/aromatic N) is 1. The lowest BCUT2D eigenvalue weighted by molar-refractivity contribution is 0.0297. The lowest BCUT2D eigenvalue weighted by Crippen LogP contribution is -2.65. The minimum atomic E-state index is 0.313. The zero-order chi connectivity index (χ0) is 13.1. The summed E-state index contributed by atoms with van der Waals surface area (Å²) >= 11 is 0. The molecular weight excluding hydrogens is 208 g/mol. The normalized spacial score (nSPS) is 34.6. The Labute approximate surface area is 108 Å². The van der Waals surface area contributed by atoms with E-state index < -0.39 is 0 Å². The summed E-state index contributed by atoms with van der Waals surface area (Å²) in [6.45, 7) is 16.5. The van der Waals surface area contributed by atoms with E-state index in [2.05, 4.69) is 51.8 Å². The number of nitrogens with one attached hydrogen (secondary N) is 1. The van der Waals surface area contributed by atoms with Gasteiger partial charge in [0.15, 0.2) is 0 Å². The van der Waals surface area contributed by atoms with Crippen LogP contribution in [0.1, 0.15) is 60.8 Å². The third-order valence-corrected chi connectivity index (χ3v) is 5.01. The topological polar surface area (TPSA) is 15.3 Å². The molecule has 0 aromatic rings. The van der Waals surface area contributed by atoms with Gasteiger partial charge in [-0.15, -0.1) is 0 Å². The molecule has 1 rings (SSSR count). The van der Waals surface area contributed by atoms with Crippen molar-refractivity contribution in [1.82, 2.24) is 10.2 Å². The fourth-order valence-corrected chi connectivity index (χ4v) is 2.83. The average molecular weight is 240 g/mol. The summed E-state index contributed by atoms with van der Waals surface area (Å²) < 4.78 is 0. The van der Waals surface area contributed by atoms with Crippen LogP contribution in [-0.4, -0.2) is 35.6 Å². The predicted octanol–water partition coefficient (Wildman–Crippen LogP) is 3.27. The Balaban J connectivity index is 2.76. The zero-order valence-corrected chi connectivity index (χ0v) is 12.7. The van der Waals surface area contributed by atoms with E-state index in [0.717, 1.165) is 18.5 Å². The van der Waals surface area contributed by atoms with E-state index in [4.69, 9.17) is 0 Å². The quantitative estimate of drug-likeness (QED) is 0.793. The molecule has 4 unspecified atom stereocenters. The summed E-state index contributed by atoms with van der Waals surface area (Å²) in [7, 11) is 0. The van der Waals surface area contributed by atoms with Gasteiger partial charge in [0, 0.05) is 30.7 Å². The van der Waals surface area contributed by atoms with Crippen LogP contribution in [0.5, 0.6) is 0 Å². The van der Waals surface area contributed by atoms with Gasteiger partial charge in [0.1, 0.15) is 0 Å². The van der Waals surface area contributed by atoms with E-state index in [-0.39, 0.29) is 0 Å². The lowest BCUT2D eigenvalue weighted by Gasteiger charge is -2.49. The highest BCUT2D eigenvalue weighted by Gasteiger charge is 2.36. The van der Waals surface area contributed by atoms with Gasteiger partial charge >= 0.3 is 0 Å². The van der Waals surface area contributed by atoms with Crippen LogP contribution in [0.2, 0.25) is 0 Å². The Morgan fingerprint density at radius 3 is 2.41 bits per heavy atom. The van der Waals surface area contributed by atoms with Crippen LogP contribution >= 0.6 is 0 Å².